The maximum absolute atomic E-state index is 12.8. The number of carboxylic acids is 1. The van der Waals surface area contributed by atoms with Crippen molar-refractivity contribution in [3.05, 3.63) is 122 Å². The van der Waals surface area contributed by atoms with Crippen LogP contribution in [0.1, 0.15) is 155 Å². The van der Waals surface area contributed by atoms with Crippen molar-refractivity contribution in [2.75, 3.05) is 41.0 Å². The van der Waals surface area contributed by atoms with Crippen molar-refractivity contribution in [1.82, 2.24) is 0 Å². The van der Waals surface area contributed by atoms with E-state index in [1.807, 2.05) is 6.08 Å². The molecule has 0 saturated heterocycles. The van der Waals surface area contributed by atoms with Gasteiger partial charge in [0.05, 0.1) is 40.3 Å². The van der Waals surface area contributed by atoms with Gasteiger partial charge in [0, 0.05) is 19.3 Å². The van der Waals surface area contributed by atoms with E-state index in [4.69, 9.17) is 14.2 Å². The molecule has 0 amide bonds. The van der Waals surface area contributed by atoms with Crippen LogP contribution in [0.25, 0.3) is 0 Å². The average molecular weight is 874 g/mol. The van der Waals surface area contributed by atoms with Crippen molar-refractivity contribution in [3.63, 3.8) is 0 Å². The lowest BCUT2D eigenvalue weighted by Crippen LogP contribution is -2.55. The number of hydrogen-bond acceptors (Lipinski definition) is 7. The molecule has 0 aromatic heterocycles. The van der Waals surface area contributed by atoms with Crippen LogP contribution in [0.3, 0.4) is 0 Å². The summed E-state index contributed by atoms with van der Waals surface area (Å²) in [7, 11) is 5.37. The number of unbranched alkanes of at least 4 members (excludes halogenated alkanes) is 10. The molecule has 2 atom stereocenters. The highest BCUT2D eigenvalue weighted by molar-refractivity contribution is 5.70. The number of likely N-dealkylation sites (N-methyl/N-ethyl adjacent to an activating group) is 1. The summed E-state index contributed by atoms with van der Waals surface area (Å²) in [5, 5.41) is 11.7. The normalized spacial score (nSPS) is 14.0. The third-order valence-corrected chi connectivity index (χ3v) is 9.93. The first-order chi connectivity index (χ1) is 30.6. The Kier molecular flexibility index (Phi) is 41.3. The van der Waals surface area contributed by atoms with Crippen LogP contribution in [0.2, 0.25) is 0 Å². The van der Waals surface area contributed by atoms with Gasteiger partial charge in [0.25, 0.3) is 0 Å². The van der Waals surface area contributed by atoms with Crippen LogP contribution in [0.5, 0.6) is 0 Å². The number of carbonyl (C=O) groups is 3. The minimum absolute atomic E-state index is 0.00590. The summed E-state index contributed by atoms with van der Waals surface area (Å²) < 4.78 is 17.1. The van der Waals surface area contributed by atoms with Gasteiger partial charge in [-0.2, -0.15) is 0 Å². The van der Waals surface area contributed by atoms with E-state index >= 15 is 0 Å². The fourth-order valence-corrected chi connectivity index (χ4v) is 6.20. The molecule has 0 aliphatic heterocycles. The highest BCUT2D eigenvalue weighted by Gasteiger charge is 2.25. The molecule has 0 heterocycles. The van der Waals surface area contributed by atoms with E-state index in [9.17, 15) is 19.5 Å². The number of ether oxygens (including phenoxy) is 3. The van der Waals surface area contributed by atoms with Gasteiger partial charge in [0.2, 0.25) is 0 Å². The molecule has 8 nitrogen and oxygen atoms in total. The molecule has 0 rings (SSSR count). The van der Waals surface area contributed by atoms with E-state index in [1.54, 1.807) is 21.1 Å². The summed E-state index contributed by atoms with van der Waals surface area (Å²) in [6.07, 6.45) is 62.2. The molecule has 0 aromatic carbocycles. The molecule has 63 heavy (non-hydrogen) atoms. The zero-order chi connectivity index (χ0) is 46.3. The van der Waals surface area contributed by atoms with Gasteiger partial charge in [0.1, 0.15) is 12.6 Å². The second-order valence-electron chi connectivity index (χ2n) is 16.7. The first-order valence-electron chi connectivity index (χ1n) is 24.1. The predicted octanol–water partition coefficient (Wildman–Crippen LogP) is 12.5. The van der Waals surface area contributed by atoms with Crippen molar-refractivity contribution in [2.24, 2.45) is 0 Å². The van der Waals surface area contributed by atoms with Gasteiger partial charge in [-0.1, -0.05) is 167 Å². The smallest absolute Gasteiger partial charge is 0.306 e. The van der Waals surface area contributed by atoms with E-state index in [1.165, 1.54) is 19.3 Å². The van der Waals surface area contributed by atoms with Crippen LogP contribution < -0.4 is 5.11 Å². The highest BCUT2D eigenvalue weighted by atomic mass is 16.6. The number of esters is 2. The SMILES string of the molecule is CC/C=C/C/C=C/C/C=C/C/C=C/C/C=C/C/C=C/CCCCC(=O)OC(COCCC(C(=O)[O-])[N+](C)(C)C)COC(=O)CCCCCCC/C=C/C=C/C=C/C=C/CCCCC. The molecule has 0 bridgehead atoms. The lowest BCUT2D eigenvalue weighted by Gasteiger charge is -2.34. The Morgan fingerprint density at radius 3 is 1.49 bits per heavy atom. The van der Waals surface area contributed by atoms with E-state index < -0.39 is 18.1 Å². The van der Waals surface area contributed by atoms with Gasteiger partial charge in [-0.3, -0.25) is 9.59 Å². The van der Waals surface area contributed by atoms with Crippen molar-refractivity contribution in [3.8, 4) is 0 Å². The first kappa shape index (κ1) is 58.7. The number of aliphatic carboxylic acids is 1. The lowest BCUT2D eigenvalue weighted by atomic mass is 10.1. The number of hydrogen-bond donors (Lipinski definition) is 0. The summed E-state index contributed by atoms with van der Waals surface area (Å²) in [6.45, 7) is 4.41. The van der Waals surface area contributed by atoms with Gasteiger partial charge < -0.3 is 28.6 Å². The van der Waals surface area contributed by atoms with Gasteiger partial charge in [-0.05, 0) is 89.9 Å². The summed E-state index contributed by atoms with van der Waals surface area (Å²) in [6, 6.07) is -0.747. The molecule has 0 aromatic rings. The van der Waals surface area contributed by atoms with Crippen LogP contribution in [0.15, 0.2) is 122 Å². The predicted molar refractivity (Wildman–Crippen MR) is 263 cm³/mol. The van der Waals surface area contributed by atoms with Crippen LogP contribution in [0.4, 0.5) is 0 Å². The topological polar surface area (TPSA) is 102 Å². The van der Waals surface area contributed by atoms with Crippen molar-refractivity contribution in [1.29, 1.82) is 0 Å². The van der Waals surface area contributed by atoms with Crippen LogP contribution in [-0.2, 0) is 28.6 Å². The first-order valence-corrected chi connectivity index (χ1v) is 24.1. The monoisotopic (exact) mass is 874 g/mol. The fraction of sp³-hybridized carbons (Fsp3) is 0.582. The lowest BCUT2D eigenvalue weighted by molar-refractivity contribution is -0.889. The Morgan fingerprint density at radius 1 is 0.508 bits per heavy atom. The number of carboxylic acid groups (broad SMARTS) is 1. The van der Waals surface area contributed by atoms with Crippen molar-refractivity contribution in [2.45, 2.75) is 167 Å². The molecule has 0 aliphatic rings. The molecule has 0 radical (unpaired) electrons. The Bertz CT molecular complexity index is 1440. The number of nitrogens with zero attached hydrogens (tertiary/aromatic N) is 1. The molecule has 0 N–H and O–H groups in total. The number of rotatable bonds is 41. The van der Waals surface area contributed by atoms with E-state index in [2.05, 4.69) is 129 Å². The van der Waals surface area contributed by atoms with Crippen LogP contribution >= 0.6 is 0 Å². The maximum Gasteiger partial charge on any atom is 0.306 e. The third kappa shape index (κ3) is 42.8. The zero-order valence-corrected chi connectivity index (χ0v) is 40.2. The fourth-order valence-electron chi connectivity index (χ4n) is 6.20. The summed E-state index contributed by atoms with van der Waals surface area (Å²) >= 11 is 0. The molecule has 0 spiro atoms. The quantitative estimate of drug-likeness (QED) is 0.0198. The molecule has 8 heteroatoms. The number of quaternary nitrogens is 1. The van der Waals surface area contributed by atoms with Crippen molar-refractivity contribution < 1.29 is 38.2 Å². The molecule has 354 valence electrons. The van der Waals surface area contributed by atoms with Gasteiger partial charge >= 0.3 is 11.9 Å². The zero-order valence-electron chi connectivity index (χ0n) is 40.2. The Hall–Kier alpha value is -4.27. The molecule has 0 fully saturated rings. The number of allylic oxidation sites excluding steroid dienone is 20. The summed E-state index contributed by atoms with van der Waals surface area (Å²) in [5.41, 5.74) is 0. The van der Waals surface area contributed by atoms with Gasteiger partial charge in [0.15, 0.2) is 6.10 Å². The van der Waals surface area contributed by atoms with E-state index in [-0.39, 0.29) is 49.1 Å². The van der Waals surface area contributed by atoms with Crippen LogP contribution in [-0.4, -0.2) is 75.5 Å². The molecular formula is C55H87NO7. The third-order valence-electron chi connectivity index (χ3n) is 9.93. The molecule has 2 unspecified atom stereocenters. The largest absolute Gasteiger partial charge is 0.544 e. The second-order valence-corrected chi connectivity index (χ2v) is 16.7. The Morgan fingerprint density at radius 2 is 0.952 bits per heavy atom. The molecule has 0 aliphatic carbocycles. The Labute approximate surface area is 384 Å². The number of carbonyl (C=O) groups excluding carboxylic acids is 3. The van der Waals surface area contributed by atoms with E-state index in [0.717, 1.165) is 96.3 Å². The van der Waals surface area contributed by atoms with Gasteiger partial charge in [-0.25, -0.2) is 0 Å². The second kappa shape index (κ2) is 44.3. The summed E-state index contributed by atoms with van der Waals surface area (Å²) in [4.78, 5) is 37.0. The standard InChI is InChI=1S/C55H87NO7/c1-6-8-10-12-14-16-18-20-22-24-26-27-28-30-32-34-36-38-40-42-44-46-54(58)63-51(49-61-48-47-52(55(59)60)56(3,4)5)50-62-53(57)45-43-41-39-37-35-33-31-29-25-23-21-19-17-15-13-11-9-7-2/h8,10,14-17,19-23,25-27,29-32,36,38,51-52H,6-7,9,11-13,18,24,28,33-35,37,39-50H2,1-5H3/b10-8+,16-14+,17-15+,21-19+,22-20+,25-23+,27-26+,31-29+,32-30+,38-36+. The van der Waals surface area contributed by atoms with Gasteiger partial charge in [-0.15, -0.1) is 0 Å². The highest BCUT2D eigenvalue weighted by Crippen LogP contribution is 2.12. The maximum atomic E-state index is 12.8. The minimum atomic E-state index is -1.14. The van der Waals surface area contributed by atoms with Crippen molar-refractivity contribution >= 4 is 17.9 Å². The van der Waals surface area contributed by atoms with Crippen LogP contribution in [0, 0.1) is 0 Å². The average Bonchev–Trinajstić information content (AvgIpc) is 3.24. The minimum Gasteiger partial charge on any atom is -0.544 e. The Balaban J connectivity index is 4.47. The van der Waals surface area contributed by atoms with E-state index in [0.29, 0.717) is 12.8 Å². The molecule has 0 saturated carbocycles. The summed E-state index contributed by atoms with van der Waals surface area (Å²) in [5.74, 6) is -1.84. The molecular weight excluding hydrogens is 787 g/mol.